The second-order valence-electron chi connectivity index (χ2n) is 4.99. The summed E-state index contributed by atoms with van der Waals surface area (Å²) in [6.45, 7) is 0. The van der Waals surface area contributed by atoms with Crippen molar-refractivity contribution in [2.75, 3.05) is 25.7 Å². The van der Waals surface area contributed by atoms with Crippen molar-refractivity contribution in [3.05, 3.63) is 41.7 Å². The fraction of sp³-hybridized carbons (Fsp3) is 0.188. The zero-order valence-corrected chi connectivity index (χ0v) is 12.9. The van der Waals surface area contributed by atoms with E-state index in [-0.39, 0.29) is 5.95 Å². The van der Waals surface area contributed by atoms with Crippen LogP contribution in [-0.2, 0) is 6.42 Å². The molecule has 0 spiro atoms. The van der Waals surface area contributed by atoms with Gasteiger partial charge in [-0.15, -0.1) is 0 Å². The van der Waals surface area contributed by atoms with Gasteiger partial charge in [0.05, 0.1) is 14.2 Å². The van der Waals surface area contributed by atoms with Crippen molar-refractivity contribution in [2.45, 2.75) is 6.42 Å². The number of nitrogen functional groups attached to an aromatic ring is 2. The topological polar surface area (TPSA) is 109 Å². The Balaban J connectivity index is 2.17. The van der Waals surface area contributed by atoms with Gasteiger partial charge in [0.25, 0.3) is 0 Å². The third kappa shape index (κ3) is 2.68. The lowest BCUT2D eigenvalue weighted by molar-refractivity contribution is 0.357. The minimum atomic E-state index is 0.157. The van der Waals surface area contributed by atoms with Crippen LogP contribution >= 0.6 is 0 Å². The number of ether oxygens (including phenoxy) is 2. The van der Waals surface area contributed by atoms with E-state index in [4.69, 9.17) is 20.9 Å². The molecule has 7 nitrogen and oxygen atoms in total. The molecule has 0 aliphatic heterocycles. The second-order valence-corrected chi connectivity index (χ2v) is 4.99. The molecule has 0 fully saturated rings. The number of fused-ring (bicyclic) bond motifs is 1. The summed E-state index contributed by atoms with van der Waals surface area (Å²) in [6, 6.07) is 5.77. The van der Waals surface area contributed by atoms with E-state index in [2.05, 4.69) is 15.0 Å². The van der Waals surface area contributed by atoms with Crippen LogP contribution in [0.25, 0.3) is 10.9 Å². The molecule has 23 heavy (non-hydrogen) atoms. The van der Waals surface area contributed by atoms with Crippen LogP contribution in [0.5, 0.6) is 11.5 Å². The molecular weight excluding hydrogens is 294 g/mol. The Morgan fingerprint density at radius 1 is 1.09 bits per heavy atom. The van der Waals surface area contributed by atoms with E-state index in [1.165, 1.54) is 0 Å². The summed E-state index contributed by atoms with van der Waals surface area (Å²) < 4.78 is 10.9. The van der Waals surface area contributed by atoms with Gasteiger partial charge in [0, 0.05) is 29.8 Å². The molecular formula is C16H17N5O2. The molecule has 0 unspecified atom stereocenters. The van der Waals surface area contributed by atoms with Crippen LogP contribution in [0.15, 0.2) is 30.6 Å². The van der Waals surface area contributed by atoms with Crippen molar-refractivity contribution in [3.8, 4) is 11.5 Å². The lowest BCUT2D eigenvalue weighted by Crippen LogP contribution is -2.05. The van der Waals surface area contributed by atoms with E-state index in [9.17, 15) is 0 Å². The molecule has 3 rings (SSSR count). The highest BCUT2D eigenvalue weighted by Crippen LogP contribution is 2.37. The zero-order chi connectivity index (χ0) is 16.4. The molecule has 0 aliphatic rings. The Kier molecular flexibility index (Phi) is 3.84. The van der Waals surface area contributed by atoms with Gasteiger partial charge in [0.2, 0.25) is 5.95 Å². The summed E-state index contributed by atoms with van der Waals surface area (Å²) in [5.74, 6) is 1.74. The fourth-order valence-corrected chi connectivity index (χ4v) is 2.53. The first-order valence-electron chi connectivity index (χ1n) is 6.99. The number of aromatic nitrogens is 3. The summed E-state index contributed by atoms with van der Waals surface area (Å²) in [5, 5.41) is 0.960. The number of methoxy groups -OCH3 is 2. The first-order chi connectivity index (χ1) is 11.1. The molecule has 2 heterocycles. The average Bonchev–Trinajstić information content (AvgIpc) is 2.56. The van der Waals surface area contributed by atoms with Gasteiger partial charge in [-0.3, -0.25) is 4.98 Å². The number of rotatable bonds is 4. The van der Waals surface area contributed by atoms with Crippen molar-refractivity contribution < 1.29 is 9.47 Å². The van der Waals surface area contributed by atoms with Crippen LogP contribution in [0, 0.1) is 0 Å². The predicted octanol–water partition coefficient (Wildman–Crippen LogP) is 1.80. The Morgan fingerprint density at radius 3 is 2.61 bits per heavy atom. The Morgan fingerprint density at radius 2 is 1.91 bits per heavy atom. The van der Waals surface area contributed by atoms with E-state index in [0.29, 0.717) is 23.7 Å². The fourth-order valence-electron chi connectivity index (χ4n) is 2.53. The Hall–Kier alpha value is -3.09. The van der Waals surface area contributed by atoms with Crippen molar-refractivity contribution >= 4 is 22.7 Å². The highest BCUT2D eigenvalue weighted by atomic mass is 16.5. The molecule has 0 saturated carbocycles. The minimum Gasteiger partial charge on any atom is -0.493 e. The number of nitrogens with zero attached hydrogens (tertiary/aromatic N) is 3. The smallest absolute Gasteiger partial charge is 0.221 e. The maximum atomic E-state index is 5.94. The summed E-state index contributed by atoms with van der Waals surface area (Å²) >= 11 is 0. The summed E-state index contributed by atoms with van der Waals surface area (Å²) in [7, 11) is 3.19. The van der Waals surface area contributed by atoms with Crippen molar-refractivity contribution in [2.24, 2.45) is 0 Å². The first kappa shape index (κ1) is 14.8. The second kappa shape index (κ2) is 5.96. The van der Waals surface area contributed by atoms with Crippen LogP contribution in [0.2, 0.25) is 0 Å². The number of pyridine rings is 1. The zero-order valence-electron chi connectivity index (χ0n) is 12.9. The maximum absolute atomic E-state index is 5.94. The molecule has 0 bridgehead atoms. The Labute approximate surface area is 133 Å². The molecule has 4 N–H and O–H groups in total. The standard InChI is InChI=1S/C16H17N5O2/c1-22-12-7-9(6-10-8-20-16(18)21-15(10)17)11-4-3-5-19-13(11)14(12)23-2/h3-5,7-8H,6H2,1-2H3,(H4,17,18,20,21). The maximum Gasteiger partial charge on any atom is 0.221 e. The first-order valence-corrected chi connectivity index (χ1v) is 6.99. The molecule has 118 valence electrons. The number of hydrogen-bond acceptors (Lipinski definition) is 7. The van der Waals surface area contributed by atoms with E-state index >= 15 is 0 Å². The van der Waals surface area contributed by atoms with Gasteiger partial charge in [-0.2, -0.15) is 4.98 Å². The molecule has 3 aromatic rings. The third-order valence-electron chi connectivity index (χ3n) is 3.62. The quantitative estimate of drug-likeness (QED) is 0.756. The summed E-state index contributed by atoms with van der Waals surface area (Å²) in [6.07, 6.45) is 3.89. The van der Waals surface area contributed by atoms with Crippen LogP contribution in [0.3, 0.4) is 0 Å². The van der Waals surface area contributed by atoms with Crippen LogP contribution in [0.1, 0.15) is 11.1 Å². The monoisotopic (exact) mass is 311 g/mol. The molecule has 0 amide bonds. The van der Waals surface area contributed by atoms with Gasteiger partial charge in [-0.05, 0) is 17.7 Å². The lowest BCUT2D eigenvalue weighted by Gasteiger charge is -2.14. The van der Waals surface area contributed by atoms with Gasteiger partial charge >= 0.3 is 0 Å². The van der Waals surface area contributed by atoms with E-state index in [1.807, 2.05) is 18.2 Å². The SMILES string of the molecule is COc1cc(Cc2cnc(N)nc2N)c2cccnc2c1OC. The van der Waals surface area contributed by atoms with Crippen LogP contribution < -0.4 is 20.9 Å². The van der Waals surface area contributed by atoms with Crippen molar-refractivity contribution in [1.82, 2.24) is 15.0 Å². The highest BCUT2D eigenvalue weighted by molar-refractivity contribution is 5.90. The number of anilines is 2. The molecule has 0 saturated heterocycles. The number of benzene rings is 1. The molecule has 0 atom stereocenters. The largest absolute Gasteiger partial charge is 0.493 e. The normalized spacial score (nSPS) is 10.7. The van der Waals surface area contributed by atoms with Crippen molar-refractivity contribution in [1.29, 1.82) is 0 Å². The van der Waals surface area contributed by atoms with Gasteiger partial charge in [0.1, 0.15) is 11.3 Å². The van der Waals surface area contributed by atoms with E-state index in [1.54, 1.807) is 26.6 Å². The Bertz CT molecular complexity index is 866. The molecule has 1 aromatic carbocycles. The van der Waals surface area contributed by atoms with E-state index in [0.717, 1.165) is 22.0 Å². The molecule has 0 radical (unpaired) electrons. The number of hydrogen-bond donors (Lipinski definition) is 2. The number of nitrogens with two attached hydrogens (primary N) is 2. The van der Waals surface area contributed by atoms with Gasteiger partial charge in [0.15, 0.2) is 11.5 Å². The van der Waals surface area contributed by atoms with Crippen LogP contribution in [-0.4, -0.2) is 29.2 Å². The summed E-state index contributed by atoms with van der Waals surface area (Å²) in [5.41, 5.74) is 14.0. The average molecular weight is 311 g/mol. The van der Waals surface area contributed by atoms with Crippen LogP contribution in [0.4, 0.5) is 11.8 Å². The van der Waals surface area contributed by atoms with E-state index < -0.39 is 0 Å². The molecule has 0 aliphatic carbocycles. The minimum absolute atomic E-state index is 0.157. The van der Waals surface area contributed by atoms with Gasteiger partial charge < -0.3 is 20.9 Å². The third-order valence-corrected chi connectivity index (χ3v) is 3.62. The summed E-state index contributed by atoms with van der Waals surface area (Å²) in [4.78, 5) is 12.4. The molecule has 2 aromatic heterocycles. The van der Waals surface area contributed by atoms with Gasteiger partial charge in [-0.1, -0.05) is 6.07 Å². The van der Waals surface area contributed by atoms with Crippen molar-refractivity contribution in [3.63, 3.8) is 0 Å². The highest BCUT2D eigenvalue weighted by Gasteiger charge is 2.15. The lowest BCUT2D eigenvalue weighted by atomic mass is 10.0. The predicted molar refractivity (Wildman–Crippen MR) is 88.5 cm³/mol. The van der Waals surface area contributed by atoms with Gasteiger partial charge in [-0.25, -0.2) is 4.98 Å². The molecule has 7 heteroatoms.